The number of fused-ring (bicyclic) bond motifs is 2. The first-order chi connectivity index (χ1) is 11.5. The number of hydrogen-bond donors (Lipinski definition) is 0. The van der Waals surface area contributed by atoms with Crippen LogP contribution in [0.5, 0.6) is 0 Å². The van der Waals surface area contributed by atoms with Gasteiger partial charge in [0.15, 0.2) is 4.96 Å². The molecule has 0 radical (unpaired) electrons. The van der Waals surface area contributed by atoms with Gasteiger partial charge in [-0.3, -0.25) is 9.20 Å². The Morgan fingerprint density at radius 3 is 2.88 bits per heavy atom. The maximum atomic E-state index is 12.8. The van der Waals surface area contributed by atoms with Gasteiger partial charge in [-0.15, -0.1) is 11.3 Å². The molecule has 1 amide bonds. The van der Waals surface area contributed by atoms with E-state index in [1.165, 1.54) is 11.3 Å². The van der Waals surface area contributed by atoms with Gasteiger partial charge in [0.1, 0.15) is 17.3 Å². The molecular weight excluding hydrogens is 324 g/mol. The number of carbonyl (C=O) groups excluding carboxylic acids is 1. The van der Waals surface area contributed by atoms with Crippen molar-refractivity contribution in [2.45, 2.75) is 19.9 Å². The number of aryl methyl sites for hydroxylation is 1. The molecule has 24 heavy (non-hydrogen) atoms. The van der Waals surface area contributed by atoms with Crippen molar-refractivity contribution in [3.05, 3.63) is 40.5 Å². The normalized spacial score (nSPS) is 14.0. The molecule has 1 aliphatic rings. The van der Waals surface area contributed by atoms with Crippen LogP contribution in [0.3, 0.4) is 0 Å². The molecular formula is C16H18N6OS. The molecule has 3 aromatic heterocycles. The zero-order valence-electron chi connectivity index (χ0n) is 13.9. The number of thiazole rings is 1. The topological polar surface area (TPSA) is 66.6 Å². The van der Waals surface area contributed by atoms with Crippen LogP contribution in [-0.4, -0.2) is 50.8 Å². The second kappa shape index (κ2) is 5.55. The minimum absolute atomic E-state index is 0.0424. The molecule has 3 aromatic rings. The lowest BCUT2D eigenvalue weighted by Gasteiger charge is -2.30. The summed E-state index contributed by atoms with van der Waals surface area (Å²) in [6, 6.07) is 0. The lowest BCUT2D eigenvalue weighted by molar-refractivity contribution is 0.0726. The Morgan fingerprint density at radius 2 is 2.12 bits per heavy atom. The molecule has 4 rings (SSSR count). The highest BCUT2D eigenvalue weighted by atomic mass is 32.1. The lowest BCUT2D eigenvalue weighted by atomic mass is 10.0. The fourth-order valence-corrected chi connectivity index (χ4v) is 3.77. The molecule has 7 nitrogen and oxygen atoms in total. The Bertz CT molecular complexity index is 899. The third-order valence-electron chi connectivity index (χ3n) is 4.18. The quantitative estimate of drug-likeness (QED) is 0.710. The first-order valence-electron chi connectivity index (χ1n) is 7.78. The van der Waals surface area contributed by atoms with Gasteiger partial charge in [0.2, 0.25) is 0 Å². The van der Waals surface area contributed by atoms with Crippen molar-refractivity contribution in [1.82, 2.24) is 24.3 Å². The van der Waals surface area contributed by atoms with Crippen molar-refractivity contribution in [3.8, 4) is 0 Å². The Kier molecular flexibility index (Phi) is 3.49. The molecule has 0 unspecified atom stereocenters. The fourth-order valence-electron chi connectivity index (χ4n) is 3.07. The van der Waals surface area contributed by atoms with E-state index < -0.39 is 0 Å². The Morgan fingerprint density at radius 1 is 1.29 bits per heavy atom. The summed E-state index contributed by atoms with van der Waals surface area (Å²) in [5.41, 5.74) is 2.57. The molecule has 0 aliphatic carbocycles. The second-order valence-corrected chi connectivity index (χ2v) is 6.98. The molecule has 8 heteroatoms. The van der Waals surface area contributed by atoms with Gasteiger partial charge in [-0.2, -0.15) is 0 Å². The van der Waals surface area contributed by atoms with E-state index in [1.807, 2.05) is 46.8 Å². The first kappa shape index (κ1) is 15.1. The summed E-state index contributed by atoms with van der Waals surface area (Å²) in [5, 5.41) is 1.95. The number of hydrogen-bond acceptors (Lipinski definition) is 6. The van der Waals surface area contributed by atoms with E-state index >= 15 is 0 Å². The number of carbonyl (C=O) groups is 1. The molecule has 4 heterocycles. The van der Waals surface area contributed by atoms with Crippen molar-refractivity contribution in [2.75, 3.05) is 25.5 Å². The van der Waals surface area contributed by atoms with Crippen LogP contribution in [0.15, 0.2) is 17.8 Å². The van der Waals surface area contributed by atoms with E-state index in [4.69, 9.17) is 0 Å². The van der Waals surface area contributed by atoms with E-state index in [-0.39, 0.29) is 5.91 Å². The zero-order chi connectivity index (χ0) is 16.8. The minimum atomic E-state index is -0.0424. The predicted molar refractivity (Wildman–Crippen MR) is 92.6 cm³/mol. The molecule has 1 aliphatic heterocycles. The molecule has 0 bridgehead atoms. The van der Waals surface area contributed by atoms with Crippen LogP contribution >= 0.6 is 11.3 Å². The number of nitrogens with zero attached hydrogens (tertiary/aromatic N) is 6. The third-order valence-corrected chi connectivity index (χ3v) is 4.95. The molecule has 124 valence electrons. The average molecular weight is 342 g/mol. The summed E-state index contributed by atoms with van der Waals surface area (Å²) in [5.74, 6) is 1.64. The van der Waals surface area contributed by atoms with Crippen LogP contribution < -0.4 is 4.90 Å². The first-order valence-corrected chi connectivity index (χ1v) is 8.66. The lowest BCUT2D eigenvalue weighted by Crippen LogP contribution is -2.37. The maximum Gasteiger partial charge on any atom is 0.274 e. The summed E-state index contributed by atoms with van der Waals surface area (Å²) in [6.07, 6.45) is 4.46. The van der Waals surface area contributed by atoms with Crippen molar-refractivity contribution >= 4 is 28.0 Å². The smallest absolute Gasteiger partial charge is 0.274 e. The standard InChI is InChI=1S/C16H18N6OS/c1-10-17-12-8-21(5-4-11(12)14(18-10)20(2)3)15(23)13-9-22-6-7-24-16(22)19-13/h6-7,9H,4-5,8H2,1-3H3. The molecule has 0 saturated carbocycles. The Labute approximate surface area is 143 Å². The van der Waals surface area contributed by atoms with Crippen molar-refractivity contribution in [2.24, 2.45) is 0 Å². The molecule has 0 N–H and O–H groups in total. The highest BCUT2D eigenvalue weighted by Crippen LogP contribution is 2.26. The van der Waals surface area contributed by atoms with Gasteiger partial charge >= 0.3 is 0 Å². The number of imidazole rings is 1. The van der Waals surface area contributed by atoms with Gasteiger partial charge in [0, 0.05) is 44.0 Å². The van der Waals surface area contributed by atoms with Crippen molar-refractivity contribution in [3.63, 3.8) is 0 Å². The SMILES string of the molecule is Cc1nc2c(c(N(C)C)n1)CCN(C(=O)c1cn3ccsc3n1)C2. The van der Waals surface area contributed by atoms with Gasteiger partial charge in [0.05, 0.1) is 12.2 Å². The van der Waals surface area contributed by atoms with Gasteiger partial charge in [-0.25, -0.2) is 15.0 Å². The van der Waals surface area contributed by atoms with Gasteiger partial charge in [-0.05, 0) is 13.3 Å². The minimum Gasteiger partial charge on any atom is -0.362 e. The van der Waals surface area contributed by atoms with E-state index in [9.17, 15) is 4.79 Å². The largest absolute Gasteiger partial charge is 0.362 e. The number of aromatic nitrogens is 4. The predicted octanol–water partition coefficient (Wildman–Crippen LogP) is 1.76. The number of anilines is 1. The highest BCUT2D eigenvalue weighted by molar-refractivity contribution is 7.15. The van der Waals surface area contributed by atoms with Crippen LogP contribution in [0, 0.1) is 6.92 Å². The number of rotatable bonds is 2. The summed E-state index contributed by atoms with van der Waals surface area (Å²) < 4.78 is 1.88. The van der Waals surface area contributed by atoms with Crippen LogP contribution in [0.25, 0.3) is 4.96 Å². The summed E-state index contributed by atoms with van der Waals surface area (Å²) in [6.45, 7) is 3.05. The van der Waals surface area contributed by atoms with Crippen LogP contribution in [0.1, 0.15) is 27.6 Å². The summed E-state index contributed by atoms with van der Waals surface area (Å²) >= 11 is 1.52. The fraction of sp³-hybridized carbons (Fsp3) is 0.375. The van der Waals surface area contributed by atoms with Crippen molar-refractivity contribution < 1.29 is 4.79 Å². The van der Waals surface area contributed by atoms with Gasteiger partial charge < -0.3 is 9.80 Å². The van der Waals surface area contributed by atoms with Gasteiger partial charge in [0.25, 0.3) is 5.91 Å². The molecule has 0 atom stereocenters. The maximum absolute atomic E-state index is 12.8. The van der Waals surface area contributed by atoms with Crippen LogP contribution in [-0.2, 0) is 13.0 Å². The van der Waals surface area contributed by atoms with E-state index in [2.05, 4.69) is 15.0 Å². The average Bonchev–Trinajstić information content (AvgIpc) is 3.14. The van der Waals surface area contributed by atoms with Crippen LogP contribution in [0.2, 0.25) is 0 Å². The third kappa shape index (κ3) is 2.43. The van der Waals surface area contributed by atoms with E-state index in [0.717, 1.165) is 34.3 Å². The Hall–Kier alpha value is -2.48. The summed E-state index contributed by atoms with van der Waals surface area (Å²) in [7, 11) is 3.97. The van der Waals surface area contributed by atoms with Crippen LogP contribution in [0.4, 0.5) is 5.82 Å². The van der Waals surface area contributed by atoms with E-state index in [0.29, 0.717) is 18.8 Å². The zero-order valence-corrected chi connectivity index (χ0v) is 14.7. The van der Waals surface area contributed by atoms with Crippen molar-refractivity contribution in [1.29, 1.82) is 0 Å². The molecule has 0 fully saturated rings. The second-order valence-electron chi connectivity index (χ2n) is 6.11. The molecule has 0 aromatic carbocycles. The summed E-state index contributed by atoms with van der Waals surface area (Å²) in [4.78, 5) is 31.0. The Balaban J connectivity index is 1.64. The molecule has 0 saturated heterocycles. The number of amides is 1. The molecule has 0 spiro atoms. The van der Waals surface area contributed by atoms with E-state index in [1.54, 1.807) is 6.20 Å². The monoisotopic (exact) mass is 342 g/mol. The highest BCUT2D eigenvalue weighted by Gasteiger charge is 2.27. The van der Waals surface area contributed by atoms with Gasteiger partial charge in [-0.1, -0.05) is 0 Å².